The summed E-state index contributed by atoms with van der Waals surface area (Å²) in [5, 5.41) is 19.2. The van der Waals surface area contributed by atoms with E-state index in [1.165, 1.54) is 0 Å². The maximum absolute atomic E-state index is 14.9. The summed E-state index contributed by atoms with van der Waals surface area (Å²) in [6.07, 6.45) is 8.41. The molecule has 10 nitrogen and oxygen atoms in total. The first-order valence-electron chi connectivity index (χ1n) is 16.4. The number of likely N-dealkylation sites (tertiary alicyclic amines) is 1. The van der Waals surface area contributed by atoms with Crippen LogP contribution in [0, 0.1) is 11.8 Å². The van der Waals surface area contributed by atoms with Crippen LogP contribution in [0.25, 0.3) is 11.0 Å². The van der Waals surface area contributed by atoms with Crippen molar-refractivity contribution in [1.29, 1.82) is 0 Å². The van der Waals surface area contributed by atoms with E-state index in [1.807, 2.05) is 108 Å². The van der Waals surface area contributed by atoms with Gasteiger partial charge in [0.25, 0.3) is 0 Å². The van der Waals surface area contributed by atoms with Crippen molar-refractivity contribution in [1.82, 2.24) is 29.7 Å². The van der Waals surface area contributed by atoms with Gasteiger partial charge in [0.1, 0.15) is 18.2 Å². The van der Waals surface area contributed by atoms with E-state index < -0.39 is 28.7 Å². The molecule has 3 amide bonds. The molecule has 2 saturated heterocycles. The van der Waals surface area contributed by atoms with Crippen LogP contribution in [-0.4, -0.2) is 94.3 Å². The first-order chi connectivity index (χ1) is 23.5. The number of rotatable bonds is 8. The lowest BCUT2D eigenvalue weighted by Gasteiger charge is -2.38. The highest BCUT2D eigenvalue weighted by molar-refractivity contribution is 8.02. The second-order valence-corrected chi connectivity index (χ2v) is 14.4. The summed E-state index contributed by atoms with van der Waals surface area (Å²) in [5.41, 5.74) is 3.49. The van der Waals surface area contributed by atoms with Gasteiger partial charge in [-0.3, -0.25) is 14.4 Å². The molecule has 1 spiro atoms. The number of carbonyl (C=O) groups is 3. The van der Waals surface area contributed by atoms with Crippen LogP contribution >= 0.6 is 11.8 Å². The number of hydrogen-bond acceptors (Lipinski definition) is 7. The third kappa shape index (κ3) is 5.03. The third-order valence-electron chi connectivity index (χ3n) is 10.1. The van der Waals surface area contributed by atoms with Gasteiger partial charge in [0, 0.05) is 24.9 Å². The SMILES string of the molecule is O=C1C2N([C@@H](CO)Cc3ccccc3)C(=O)[C@@H]3[C@@H]4C(=O)N(Cc5ccccc5)CC=C[C@@H]4S[C@]23C=CCN1Cn1nnc2ccccc21. The number of aliphatic hydroxyl groups excluding tert-OH is 1. The highest BCUT2D eigenvalue weighted by Crippen LogP contribution is 2.61. The number of fused-ring (bicyclic) bond motifs is 3. The van der Waals surface area contributed by atoms with Gasteiger partial charge in [-0.15, -0.1) is 16.9 Å². The minimum absolute atomic E-state index is 0.0863. The molecule has 0 radical (unpaired) electrons. The predicted octanol–water partition coefficient (Wildman–Crippen LogP) is 3.29. The molecule has 1 N–H and O–H groups in total. The Bertz CT molecular complexity index is 1910. The second kappa shape index (κ2) is 12.4. The average molecular weight is 661 g/mol. The summed E-state index contributed by atoms with van der Waals surface area (Å²) in [7, 11) is 0. The topological polar surface area (TPSA) is 112 Å². The lowest BCUT2D eigenvalue weighted by Crippen LogP contribution is -2.57. The average Bonchev–Trinajstić information content (AvgIpc) is 3.67. The molecule has 1 unspecified atom stereocenters. The molecule has 5 heterocycles. The van der Waals surface area contributed by atoms with Crippen LogP contribution in [0.4, 0.5) is 0 Å². The molecule has 4 aliphatic heterocycles. The van der Waals surface area contributed by atoms with E-state index in [9.17, 15) is 19.5 Å². The van der Waals surface area contributed by atoms with E-state index in [4.69, 9.17) is 0 Å². The Morgan fingerprint density at radius 3 is 2.31 bits per heavy atom. The van der Waals surface area contributed by atoms with Gasteiger partial charge in [-0.1, -0.05) is 102 Å². The van der Waals surface area contributed by atoms with Gasteiger partial charge in [-0.2, -0.15) is 0 Å². The predicted molar refractivity (Wildman–Crippen MR) is 182 cm³/mol. The molecular formula is C37H36N6O4S. The molecule has 1 aromatic heterocycles. The summed E-state index contributed by atoms with van der Waals surface area (Å²) >= 11 is 1.55. The molecule has 2 fully saturated rings. The van der Waals surface area contributed by atoms with Gasteiger partial charge in [-0.05, 0) is 29.7 Å². The lowest BCUT2D eigenvalue weighted by molar-refractivity contribution is -0.147. The second-order valence-electron chi connectivity index (χ2n) is 12.9. The monoisotopic (exact) mass is 660 g/mol. The summed E-state index contributed by atoms with van der Waals surface area (Å²) < 4.78 is 0.702. The van der Waals surface area contributed by atoms with Crippen LogP contribution in [0.1, 0.15) is 11.1 Å². The van der Waals surface area contributed by atoms with Gasteiger partial charge in [0.2, 0.25) is 17.7 Å². The highest BCUT2D eigenvalue weighted by Gasteiger charge is 2.71. The van der Waals surface area contributed by atoms with Crippen molar-refractivity contribution >= 4 is 40.5 Å². The molecule has 3 aromatic carbocycles. The number of aliphatic hydroxyl groups is 1. The van der Waals surface area contributed by atoms with Crippen molar-refractivity contribution in [3.8, 4) is 0 Å². The van der Waals surface area contributed by atoms with E-state index in [2.05, 4.69) is 16.4 Å². The van der Waals surface area contributed by atoms with Crippen molar-refractivity contribution in [3.05, 3.63) is 120 Å². The van der Waals surface area contributed by atoms with Gasteiger partial charge in [0.05, 0.1) is 34.7 Å². The van der Waals surface area contributed by atoms with Crippen LogP contribution in [0.15, 0.2) is 109 Å². The fourth-order valence-electron chi connectivity index (χ4n) is 7.96. The molecule has 244 valence electrons. The van der Waals surface area contributed by atoms with Crippen LogP contribution in [0.5, 0.6) is 0 Å². The Balaban J connectivity index is 1.19. The van der Waals surface area contributed by atoms with Crippen molar-refractivity contribution < 1.29 is 19.5 Å². The number of nitrogens with zero attached hydrogens (tertiary/aromatic N) is 6. The lowest BCUT2D eigenvalue weighted by atomic mass is 9.78. The Hall–Kier alpha value is -4.74. The summed E-state index contributed by atoms with van der Waals surface area (Å²) in [6, 6.07) is 25.6. The molecule has 8 rings (SSSR count). The van der Waals surface area contributed by atoms with Crippen molar-refractivity contribution in [2.24, 2.45) is 11.8 Å². The largest absolute Gasteiger partial charge is 0.394 e. The van der Waals surface area contributed by atoms with E-state index in [1.54, 1.807) is 26.2 Å². The number of carbonyl (C=O) groups excluding carboxylic acids is 3. The Kier molecular flexibility index (Phi) is 7.88. The maximum Gasteiger partial charge on any atom is 0.248 e. The van der Waals surface area contributed by atoms with Crippen LogP contribution in [0.3, 0.4) is 0 Å². The Morgan fingerprint density at radius 2 is 1.54 bits per heavy atom. The number of hydrogen-bond donors (Lipinski definition) is 1. The first kappa shape index (κ1) is 30.6. The minimum atomic E-state index is -0.997. The van der Waals surface area contributed by atoms with Gasteiger partial charge >= 0.3 is 0 Å². The van der Waals surface area contributed by atoms with Crippen LogP contribution < -0.4 is 0 Å². The number of benzene rings is 3. The van der Waals surface area contributed by atoms with Crippen molar-refractivity contribution in [3.63, 3.8) is 0 Å². The van der Waals surface area contributed by atoms with Gasteiger partial charge in [-0.25, -0.2) is 4.68 Å². The quantitative estimate of drug-likeness (QED) is 0.289. The third-order valence-corrected chi connectivity index (χ3v) is 11.9. The summed E-state index contributed by atoms with van der Waals surface area (Å²) in [5.74, 6) is -2.01. The van der Waals surface area contributed by atoms with Crippen molar-refractivity contribution in [2.45, 2.75) is 41.7 Å². The summed E-state index contributed by atoms with van der Waals surface area (Å²) in [6.45, 7) is 1.01. The standard InChI is InChI=1S/C37H36N6O4S/c44-23-27(21-25-11-3-1-4-12-25)43-33-36(47)41(24-42-29-16-8-7-15-28(29)38-39-42)20-10-18-37(33)32(35(43)46)31-30(48-37)17-9-19-40(34(31)45)22-26-13-5-2-6-14-26/h1-18,27,30-33,44H,19-24H2/t27-,30+,31-,32+,33?,37+/m1/s1. The molecule has 4 aliphatic rings. The number of thioether (sulfide) groups is 1. The van der Waals surface area contributed by atoms with E-state index in [0.717, 1.165) is 22.2 Å². The van der Waals surface area contributed by atoms with Gasteiger partial charge in [0.15, 0.2) is 0 Å². The van der Waals surface area contributed by atoms with Crippen LogP contribution in [0.2, 0.25) is 0 Å². The normalized spacial score (nSPS) is 27.2. The van der Waals surface area contributed by atoms with E-state index in [0.29, 0.717) is 26.1 Å². The zero-order chi connectivity index (χ0) is 32.8. The molecule has 48 heavy (non-hydrogen) atoms. The zero-order valence-electron chi connectivity index (χ0n) is 26.3. The Labute approximate surface area is 282 Å². The highest BCUT2D eigenvalue weighted by atomic mass is 32.2. The first-order valence-corrected chi connectivity index (χ1v) is 17.3. The zero-order valence-corrected chi connectivity index (χ0v) is 27.1. The molecular weight excluding hydrogens is 625 g/mol. The minimum Gasteiger partial charge on any atom is -0.394 e. The fraction of sp³-hybridized carbons (Fsp3) is 0.324. The van der Waals surface area contributed by atoms with E-state index >= 15 is 0 Å². The Morgan fingerprint density at radius 1 is 0.833 bits per heavy atom. The van der Waals surface area contributed by atoms with Crippen LogP contribution in [-0.2, 0) is 34.0 Å². The number of para-hydroxylation sites is 1. The molecule has 4 aromatic rings. The van der Waals surface area contributed by atoms with E-state index in [-0.39, 0.29) is 36.2 Å². The molecule has 11 heteroatoms. The smallest absolute Gasteiger partial charge is 0.248 e. The maximum atomic E-state index is 14.9. The molecule has 6 atom stereocenters. The number of aromatic nitrogens is 3. The molecule has 0 aliphatic carbocycles. The molecule has 0 saturated carbocycles. The molecule has 0 bridgehead atoms. The summed E-state index contributed by atoms with van der Waals surface area (Å²) in [4.78, 5) is 49.5. The van der Waals surface area contributed by atoms with Crippen molar-refractivity contribution in [2.75, 3.05) is 19.7 Å². The van der Waals surface area contributed by atoms with Gasteiger partial charge < -0.3 is 19.8 Å². The fourth-order valence-corrected chi connectivity index (χ4v) is 9.96. The number of amides is 3.